The predicted molar refractivity (Wildman–Crippen MR) is 140 cm³/mol. The molecule has 0 aromatic heterocycles. The Morgan fingerprint density at radius 2 is 1.73 bits per heavy atom. The first-order valence-electron chi connectivity index (χ1n) is 11.9. The van der Waals surface area contributed by atoms with Crippen LogP contribution in [0.5, 0.6) is 0 Å². The molecule has 0 radical (unpaired) electrons. The summed E-state index contributed by atoms with van der Waals surface area (Å²) < 4.78 is 5.65. The van der Waals surface area contributed by atoms with Gasteiger partial charge in [-0.05, 0) is 35.6 Å². The third-order valence-corrected chi connectivity index (χ3v) is 5.80. The zero-order chi connectivity index (χ0) is 26.0. The number of ether oxygens (including phenoxy) is 1. The van der Waals surface area contributed by atoms with E-state index in [-0.39, 0.29) is 25.6 Å². The number of carbonyl (C=O) groups excluding carboxylic acids is 1. The van der Waals surface area contributed by atoms with Gasteiger partial charge in [0.15, 0.2) is 0 Å². The second kappa shape index (κ2) is 12.6. The number of hydrogen-bond donors (Lipinski definition) is 6. The summed E-state index contributed by atoms with van der Waals surface area (Å²) in [6.45, 7) is 2.20. The summed E-state index contributed by atoms with van der Waals surface area (Å²) in [4.78, 5) is 25.1. The number of nitrogens with one attached hydrogen (secondary N) is 5. The summed E-state index contributed by atoms with van der Waals surface area (Å²) in [5.41, 5.74) is 12.8. The molecule has 1 heterocycles. The van der Waals surface area contributed by atoms with Crippen LogP contribution in [0.25, 0.3) is 11.1 Å². The van der Waals surface area contributed by atoms with Crippen molar-refractivity contribution in [1.29, 1.82) is 0 Å². The lowest BCUT2D eigenvalue weighted by atomic mass is 9.99. The maximum Gasteiger partial charge on any atom is 0.323 e. The molecule has 1 amide bonds. The molecule has 0 fully saturated rings. The third-order valence-electron chi connectivity index (χ3n) is 5.80. The second-order valence-corrected chi connectivity index (χ2v) is 8.69. The van der Waals surface area contributed by atoms with E-state index in [4.69, 9.17) is 4.74 Å². The molecule has 3 aromatic carbocycles. The predicted octanol–water partition coefficient (Wildman–Crippen LogP) is 1.83. The van der Waals surface area contributed by atoms with Gasteiger partial charge in [0.2, 0.25) is 11.9 Å². The van der Waals surface area contributed by atoms with E-state index in [9.17, 15) is 14.7 Å². The molecule has 0 unspecified atom stereocenters. The Balaban J connectivity index is 1.45. The molecular formula is C27H30N6O4. The van der Waals surface area contributed by atoms with Crippen LogP contribution in [0.15, 0.2) is 84.0 Å². The van der Waals surface area contributed by atoms with Crippen molar-refractivity contribution in [2.24, 2.45) is 5.10 Å². The van der Waals surface area contributed by atoms with E-state index in [0.717, 1.165) is 22.3 Å². The molecule has 1 aliphatic rings. The Morgan fingerprint density at radius 3 is 2.41 bits per heavy atom. The molecule has 0 saturated heterocycles. The van der Waals surface area contributed by atoms with Crippen molar-refractivity contribution in [2.45, 2.75) is 32.0 Å². The van der Waals surface area contributed by atoms with Gasteiger partial charge >= 0.3 is 5.97 Å². The topological polar surface area (TPSA) is 136 Å². The van der Waals surface area contributed by atoms with Crippen LogP contribution < -0.4 is 27.1 Å². The van der Waals surface area contributed by atoms with E-state index in [1.807, 2.05) is 79.7 Å². The first-order chi connectivity index (χ1) is 18.0. The number of carboxylic acid groups (broad SMARTS) is 1. The largest absolute Gasteiger partial charge is 0.480 e. The molecule has 0 bridgehead atoms. The average Bonchev–Trinajstić information content (AvgIpc) is 3.41. The van der Waals surface area contributed by atoms with E-state index in [1.54, 1.807) is 0 Å². The minimum absolute atomic E-state index is 0.109. The lowest BCUT2D eigenvalue weighted by Crippen LogP contribution is -2.56. The zero-order valence-electron chi connectivity index (χ0n) is 20.4. The third kappa shape index (κ3) is 7.61. The molecule has 37 heavy (non-hydrogen) atoms. The van der Waals surface area contributed by atoms with Crippen LogP contribution >= 0.6 is 0 Å². The zero-order valence-corrected chi connectivity index (χ0v) is 20.4. The van der Waals surface area contributed by atoms with Crippen LogP contribution in [0, 0.1) is 6.92 Å². The molecule has 6 N–H and O–H groups in total. The number of aryl methyl sites for hydroxylation is 1. The quantitative estimate of drug-likeness (QED) is 0.234. The molecule has 3 aromatic rings. The van der Waals surface area contributed by atoms with Crippen LogP contribution in [0.3, 0.4) is 0 Å². The fraction of sp³-hybridized carbons (Fsp3) is 0.222. The molecular weight excluding hydrogens is 472 g/mol. The Bertz CT molecular complexity index is 1230. The number of benzene rings is 3. The van der Waals surface area contributed by atoms with Crippen molar-refractivity contribution in [3.05, 3.63) is 95.6 Å². The standard InChI is InChI=1S/C27H30N6O4/c1-18-6-5-9-22(14-18)21-12-10-19(11-13-21)15-23(25(34)29-27-30-32-33-31-27)28-24(26(35)36)17-37-16-20-7-3-2-4-8-20/h2-14,23-24,28,32-33H,15-17H2,1H3,(H,35,36)(H2,29,30,31,34)/t23-,24-/m0/s1. The SMILES string of the molecule is Cc1cccc(-c2ccc(C[C@H](N[C@@H](COCc3ccccc3)C(=O)O)C(=O)NC3=NNNN3)cc2)c1. The first-order valence-corrected chi connectivity index (χ1v) is 11.9. The van der Waals surface area contributed by atoms with Gasteiger partial charge in [0.25, 0.3) is 0 Å². The number of nitrogens with zero attached hydrogens (tertiary/aromatic N) is 1. The van der Waals surface area contributed by atoms with Crippen molar-refractivity contribution in [3.63, 3.8) is 0 Å². The van der Waals surface area contributed by atoms with Gasteiger partial charge in [-0.1, -0.05) is 84.4 Å². The van der Waals surface area contributed by atoms with Crippen molar-refractivity contribution in [2.75, 3.05) is 6.61 Å². The summed E-state index contributed by atoms with van der Waals surface area (Å²) in [6, 6.07) is 23.6. The van der Waals surface area contributed by atoms with E-state index >= 15 is 0 Å². The number of aliphatic carboxylic acids is 1. The van der Waals surface area contributed by atoms with E-state index in [2.05, 4.69) is 38.3 Å². The lowest BCUT2D eigenvalue weighted by molar-refractivity contribution is -0.141. The summed E-state index contributed by atoms with van der Waals surface area (Å²) >= 11 is 0. The summed E-state index contributed by atoms with van der Waals surface area (Å²) in [7, 11) is 0. The Labute approximate surface area is 215 Å². The van der Waals surface area contributed by atoms with E-state index in [0.29, 0.717) is 0 Å². The van der Waals surface area contributed by atoms with Gasteiger partial charge in [-0.2, -0.15) is 0 Å². The average molecular weight is 503 g/mol. The van der Waals surface area contributed by atoms with Gasteiger partial charge in [-0.25, -0.2) is 5.53 Å². The molecule has 10 heteroatoms. The van der Waals surface area contributed by atoms with Crippen molar-refractivity contribution < 1.29 is 19.4 Å². The highest BCUT2D eigenvalue weighted by molar-refractivity contribution is 5.99. The van der Waals surface area contributed by atoms with Crippen LogP contribution in [-0.4, -0.2) is 41.6 Å². The number of hydrogen-bond acceptors (Lipinski definition) is 8. The van der Waals surface area contributed by atoms with Crippen molar-refractivity contribution in [1.82, 2.24) is 27.1 Å². The highest BCUT2D eigenvalue weighted by Gasteiger charge is 2.28. The van der Waals surface area contributed by atoms with Gasteiger partial charge in [0, 0.05) is 0 Å². The highest BCUT2D eigenvalue weighted by Crippen LogP contribution is 2.21. The van der Waals surface area contributed by atoms with Crippen LogP contribution in [0.1, 0.15) is 16.7 Å². The second-order valence-electron chi connectivity index (χ2n) is 8.69. The number of carboxylic acids is 1. The molecule has 0 aliphatic carbocycles. The minimum Gasteiger partial charge on any atom is -0.480 e. The molecule has 2 atom stereocenters. The Kier molecular flexibility index (Phi) is 8.82. The number of amides is 1. The Morgan fingerprint density at radius 1 is 0.946 bits per heavy atom. The summed E-state index contributed by atoms with van der Waals surface area (Å²) in [6.07, 6.45) is 0.260. The van der Waals surface area contributed by atoms with Gasteiger partial charge in [0.1, 0.15) is 6.04 Å². The molecule has 0 saturated carbocycles. The van der Waals surface area contributed by atoms with Crippen LogP contribution in [0.4, 0.5) is 0 Å². The van der Waals surface area contributed by atoms with Gasteiger partial charge in [-0.3, -0.25) is 25.6 Å². The van der Waals surface area contributed by atoms with Gasteiger partial charge in [0.05, 0.1) is 19.3 Å². The highest BCUT2D eigenvalue weighted by atomic mass is 16.5. The maximum absolute atomic E-state index is 13.1. The number of rotatable bonds is 11. The lowest BCUT2D eigenvalue weighted by Gasteiger charge is -2.23. The molecule has 10 nitrogen and oxygen atoms in total. The minimum atomic E-state index is -1.11. The van der Waals surface area contributed by atoms with Gasteiger partial charge < -0.3 is 9.84 Å². The fourth-order valence-corrected chi connectivity index (χ4v) is 3.89. The van der Waals surface area contributed by atoms with Gasteiger partial charge in [-0.15, -0.1) is 10.6 Å². The molecule has 4 rings (SSSR count). The molecule has 0 spiro atoms. The fourth-order valence-electron chi connectivity index (χ4n) is 3.89. The number of guanidine groups is 1. The van der Waals surface area contributed by atoms with E-state index < -0.39 is 24.0 Å². The molecule has 1 aliphatic heterocycles. The normalized spacial score (nSPS) is 14.1. The van der Waals surface area contributed by atoms with Crippen molar-refractivity contribution >= 4 is 17.8 Å². The number of hydrazone groups is 1. The number of hydrazine groups is 2. The maximum atomic E-state index is 13.1. The van der Waals surface area contributed by atoms with Crippen LogP contribution in [-0.2, 0) is 27.4 Å². The summed E-state index contributed by atoms with van der Waals surface area (Å²) in [5, 5.41) is 19.3. The number of carbonyl (C=O) groups is 2. The van der Waals surface area contributed by atoms with Crippen LogP contribution in [0.2, 0.25) is 0 Å². The molecule has 192 valence electrons. The Hall–Kier alpha value is -4.25. The smallest absolute Gasteiger partial charge is 0.323 e. The van der Waals surface area contributed by atoms with E-state index in [1.165, 1.54) is 5.56 Å². The first kappa shape index (κ1) is 25.8. The van der Waals surface area contributed by atoms with Crippen molar-refractivity contribution in [3.8, 4) is 11.1 Å². The summed E-state index contributed by atoms with van der Waals surface area (Å²) in [5.74, 6) is -1.37. The monoisotopic (exact) mass is 502 g/mol.